The molecule has 6 heteroatoms. The molecule has 18 heavy (non-hydrogen) atoms. The Morgan fingerprint density at radius 1 is 0.889 bits per heavy atom. The fourth-order valence-corrected chi connectivity index (χ4v) is 6.06. The van der Waals surface area contributed by atoms with Gasteiger partial charge in [-0.1, -0.05) is 40.0 Å². The number of halogens is 1. The van der Waals surface area contributed by atoms with Crippen molar-refractivity contribution in [3.63, 3.8) is 0 Å². The van der Waals surface area contributed by atoms with Crippen LogP contribution in [0.3, 0.4) is 0 Å². The average molecular weight is 320 g/mol. The zero-order valence-electron chi connectivity index (χ0n) is 12.0. The van der Waals surface area contributed by atoms with Crippen molar-refractivity contribution in [1.29, 1.82) is 0 Å². The summed E-state index contributed by atoms with van der Waals surface area (Å²) in [5.41, 5.74) is 0. The van der Waals surface area contributed by atoms with E-state index >= 15 is 0 Å². The predicted molar refractivity (Wildman–Crippen MR) is 85.5 cm³/mol. The number of hydrogen-bond donors (Lipinski definition) is 2. The SMILES string of the molecule is CCCC[P](Cl)(CCCC)CCCC.O=[PH](O)O. The number of unbranched alkanes of at least 4 members (excludes halogenated alkanes) is 3. The minimum absolute atomic E-state index is 1.05. The maximum atomic E-state index is 8.74. The fourth-order valence-electron chi connectivity index (χ4n) is 1.66. The molecule has 0 saturated heterocycles. The van der Waals surface area contributed by atoms with Crippen molar-refractivity contribution in [2.24, 2.45) is 0 Å². The van der Waals surface area contributed by atoms with Gasteiger partial charge in [-0.2, -0.15) is 0 Å². The van der Waals surface area contributed by atoms with Crippen LogP contribution in [0.2, 0.25) is 0 Å². The normalized spacial score (nSPS) is 11.3. The lowest BCUT2D eigenvalue weighted by atomic mass is 10.4. The Bertz CT molecular complexity index is 178. The third-order valence-electron chi connectivity index (χ3n) is 2.74. The van der Waals surface area contributed by atoms with Crippen molar-refractivity contribution in [3.05, 3.63) is 0 Å². The van der Waals surface area contributed by atoms with E-state index in [1.165, 1.54) is 57.0 Å². The minimum atomic E-state index is -3.13. The van der Waals surface area contributed by atoms with E-state index in [2.05, 4.69) is 20.8 Å². The second kappa shape index (κ2) is 14.3. The second-order valence-corrected chi connectivity index (χ2v) is 10.7. The van der Waals surface area contributed by atoms with Gasteiger partial charge in [0.15, 0.2) is 0 Å². The Hall–Kier alpha value is 0.870. The first-order chi connectivity index (χ1) is 8.41. The zero-order chi connectivity index (χ0) is 14.4. The first kappa shape index (κ1) is 21.2. The van der Waals surface area contributed by atoms with Gasteiger partial charge in [0.2, 0.25) is 0 Å². The van der Waals surface area contributed by atoms with Crippen LogP contribution < -0.4 is 0 Å². The van der Waals surface area contributed by atoms with Gasteiger partial charge in [0.25, 0.3) is 0 Å². The smallest absolute Gasteiger partial charge is 0.314 e. The highest BCUT2D eigenvalue weighted by Crippen LogP contribution is 2.65. The molecule has 113 valence electrons. The Morgan fingerprint density at radius 3 is 1.28 bits per heavy atom. The molecule has 0 aliphatic rings. The lowest BCUT2D eigenvalue weighted by Crippen LogP contribution is -2.02. The van der Waals surface area contributed by atoms with Crippen molar-refractivity contribution in [1.82, 2.24) is 0 Å². The molecular weight excluding hydrogens is 290 g/mol. The molecule has 1 radical (unpaired) electrons. The zero-order valence-corrected chi connectivity index (χ0v) is 14.6. The fraction of sp³-hybridized carbons (Fsp3) is 1.00. The molecular formula is C12H30ClO3P2. The van der Waals surface area contributed by atoms with E-state index in [0.29, 0.717) is 0 Å². The van der Waals surface area contributed by atoms with Crippen LogP contribution in [0.15, 0.2) is 0 Å². The third-order valence-corrected chi connectivity index (χ3v) is 7.61. The summed E-state index contributed by atoms with van der Waals surface area (Å²) >= 11 is 6.79. The van der Waals surface area contributed by atoms with E-state index in [1.54, 1.807) is 0 Å². The van der Waals surface area contributed by atoms with Gasteiger partial charge in [0.1, 0.15) is 0 Å². The highest BCUT2D eigenvalue weighted by molar-refractivity contribution is 7.99. The van der Waals surface area contributed by atoms with E-state index in [9.17, 15) is 0 Å². The predicted octanol–water partition coefficient (Wildman–Crippen LogP) is 4.92. The molecule has 0 spiro atoms. The van der Waals surface area contributed by atoms with Crippen LogP contribution in [0.25, 0.3) is 0 Å². The molecule has 0 fully saturated rings. The van der Waals surface area contributed by atoms with Crippen LogP contribution >= 0.6 is 26.1 Å². The molecule has 0 aliphatic carbocycles. The van der Waals surface area contributed by atoms with Gasteiger partial charge in [0.05, 0.1) is 0 Å². The summed E-state index contributed by atoms with van der Waals surface area (Å²) in [5, 5.41) is 0. The summed E-state index contributed by atoms with van der Waals surface area (Å²) in [4.78, 5) is 14.3. The van der Waals surface area contributed by atoms with E-state index in [0.717, 1.165) is 0 Å². The minimum Gasteiger partial charge on any atom is -0.326 e. The van der Waals surface area contributed by atoms with Crippen molar-refractivity contribution in [2.75, 3.05) is 18.5 Å². The van der Waals surface area contributed by atoms with Crippen LogP contribution in [0.1, 0.15) is 59.3 Å². The maximum Gasteiger partial charge on any atom is 0.314 e. The Balaban J connectivity index is 0. The molecule has 2 N–H and O–H groups in total. The molecule has 0 rings (SSSR count). The van der Waals surface area contributed by atoms with Gasteiger partial charge >= 0.3 is 8.25 Å². The van der Waals surface area contributed by atoms with Crippen molar-refractivity contribution >= 4 is 26.1 Å². The molecule has 0 aromatic heterocycles. The summed E-state index contributed by atoms with van der Waals surface area (Å²) in [5.74, 6) is 0. The monoisotopic (exact) mass is 319 g/mol. The summed E-state index contributed by atoms with van der Waals surface area (Å²) in [6.07, 6.45) is 11.9. The highest BCUT2D eigenvalue weighted by atomic mass is 35.7. The van der Waals surface area contributed by atoms with Gasteiger partial charge in [-0.15, -0.1) is 11.2 Å². The lowest BCUT2D eigenvalue weighted by Gasteiger charge is -2.29. The van der Waals surface area contributed by atoms with Crippen LogP contribution in [-0.2, 0) is 4.57 Å². The molecule has 0 saturated carbocycles. The molecule has 0 aromatic rings. The van der Waals surface area contributed by atoms with Gasteiger partial charge in [-0.05, 0) is 44.4 Å². The summed E-state index contributed by atoms with van der Waals surface area (Å²) < 4.78 is 8.74. The largest absolute Gasteiger partial charge is 0.326 e. The van der Waals surface area contributed by atoms with Crippen LogP contribution in [0.5, 0.6) is 0 Å². The molecule has 0 aliphatic heterocycles. The standard InChI is InChI=1S/C12H27ClP.H3O3P/c1-4-7-10-14(13,11-8-5-2)12-9-6-3;1-4(2)3/h4-12H2,1-3H3;4H,(H2,1,2,3). The van der Waals surface area contributed by atoms with Gasteiger partial charge in [-0.25, -0.2) is 0 Å². The summed E-state index contributed by atoms with van der Waals surface area (Å²) in [6.45, 7) is 5.75. The van der Waals surface area contributed by atoms with Crippen LogP contribution in [0.4, 0.5) is 0 Å². The van der Waals surface area contributed by atoms with E-state index < -0.39 is 14.9 Å². The van der Waals surface area contributed by atoms with Crippen molar-refractivity contribution in [3.8, 4) is 0 Å². The first-order valence-corrected chi connectivity index (χ1v) is 11.4. The second-order valence-electron chi connectivity index (χ2n) is 4.54. The van der Waals surface area contributed by atoms with Gasteiger partial charge in [-0.3, -0.25) is 4.57 Å². The quantitative estimate of drug-likeness (QED) is 0.593. The van der Waals surface area contributed by atoms with Gasteiger partial charge in [0, 0.05) is 0 Å². The Labute approximate surface area is 118 Å². The van der Waals surface area contributed by atoms with Crippen LogP contribution in [0, 0.1) is 0 Å². The molecule has 3 nitrogen and oxygen atoms in total. The highest BCUT2D eigenvalue weighted by Gasteiger charge is 2.22. The molecule has 0 amide bonds. The molecule has 0 atom stereocenters. The molecule has 0 bridgehead atoms. The van der Waals surface area contributed by atoms with Crippen LogP contribution in [-0.4, -0.2) is 28.3 Å². The number of hydrogen-bond acceptors (Lipinski definition) is 1. The number of rotatable bonds is 9. The topological polar surface area (TPSA) is 57.5 Å². The first-order valence-electron chi connectivity index (χ1n) is 6.89. The van der Waals surface area contributed by atoms with Crippen molar-refractivity contribution in [2.45, 2.75) is 59.3 Å². The van der Waals surface area contributed by atoms with E-state index in [1.807, 2.05) is 0 Å². The summed E-state index contributed by atoms with van der Waals surface area (Å²) in [7, 11) is -3.13. The molecule has 0 unspecified atom stereocenters. The van der Waals surface area contributed by atoms with E-state index in [4.69, 9.17) is 25.6 Å². The van der Waals surface area contributed by atoms with Gasteiger partial charge < -0.3 is 9.79 Å². The van der Waals surface area contributed by atoms with Crippen molar-refractivity contribution < 1.29 is 14.4 Å². The molecule has 0 aromatic carbocycles. The maximum absolute atomic E-state index is 8.74. The van der Waals surface area contributed by atoms with E-state index in [-0.39, 0.29) is 0 Å². The average Bonchev–Trinajstić information content (AvgIpc) is 2.31. The lowest BCUT2D eigenvalue weighted by molar-refractivity contribution is 0.405. The Kier molecular flexibility index (Phi) is 16.8. The molecule has 0 heterocycles. The summed E-state index contributed by atoms with van der Waals surface area (Å²) in [6, 6.07) is 0. The Morgan fingerprint density at radius 2 is 1.11 bits per heavy atom. The third kappa shape index (κ3) is 16.9.